The molecule has 0 spiro atoms. The predicted octanol–water partition coefficient (Wildman–Crippen LogP) is 1.31. The lowest BCUT2D eigenvalue weighted by atomic mass is 9.90. The molecule has 2 N–H and O–H groups in total. The lowest BCUT2D eigenvalue weighted by Gasteiger charge is -2.33. The standard InChI is InChI=1S/C17H26N2O4S/c1-13(18)14-7-9-19(10-8-14)17(20)15-3-5-16(6-4-15)24(21,22)12-11-23-2/h3-6,13-14H,7-12,18H2,1-2H3. The predicted molar refractivity (Wildman–Crippen MR) is 92.6 cm³/mol. The van der Waals surface area contributed by atoms with Gasteiger partial charge < -0.3 is 15.4 Å². The number of methoxy groups -OCH3 is 1. The van der Waals surface area contributed by atoms with Crippen LogP contribution in [0.25, 0.3) is 0 Å². The smallest absolute Gasteiger partial charge is 0.253 e. The number of nitrogens with zero attached hydrogens (tertiary/aromatic N) is 1. The molecule has 1 saturated heterocycles. The van der Waals surface area contributed by atoms with E-state index in [0.717, 1.165) is 12.8 Å². The summed E-state index contributed by atoms with van der Waals surface area (Å²) in [7, 11) is -1.91. The molecule has 0 saturated carbocycles. The van der Waals surface area contributed by atoms with E-state index in [9.17, 15) is 13.2 Å². The number of carbonyl (C=O) groups excluding carboxylic acids is 1. The fourth-order valence-electron chi connectivity index (χ4n) is 2.93. The average molecular weight is 354 g/mol. The maximum absolute atomic E-state index is 12.5. The van der Waals surface area contributed by atoms with E-state index < -0.39 is 9.84 Å². The highest BCUT2D eigenvalue weighted by Gasteiger charge is 2.25. The zero-order chi connectivity index (χ0) is 17.7. The van der Waals surface area contributed by atoms with E-state index in [2.05, 4.69) is 0 Å². The Hall–Kier alpha value is -1.44. The molecular weight excluding hydrogens is 328 g/mol. The van der Waals surface area contributed by atoms with E-state index in [1.807, 2.05) is 11.8 Å². The summed E-state index contributed by atoms with van der Waals surface area (Å²) in [5.41, 5.74) is 6.44. The first kappa shape index (κ1) is 18.9. The number of piperidine rings is 1. The third kappa shape index (κ3) is 4.55. The minimum absolute atomic E-state index is 0.0565. The largest absolute Gasteiger partial charge is 0.384 e. The normalized spacial score (nSPS) is 17.7. The molecule has 1 fully saturated rings. The molecule has 1 aliphatic rings. The lowest BCUT2D eigenvalue weighted by molar-refractivity contribution is 0.0681. The van der Waals surface area contributed by atoms with Crippen molar-refractivity contribution in [3.63, 3.8) is 0 Å². The van der Waals surface area contributed by atoms with E-state index in [4.69, 9.17) is 10.5 Å². The maximum Gasteiger partial charge on any atom is 0.253 e. The average Bonchev–Trinajstić information content (AvgIpc) is 2.59. The van der Waals surface area contributed by atoms with Gasteiger partial charge in [-0.2, -0.15) is 0 Å². The Morgan fingerprint density at radius 1 is 1.29 bits per heavy atom. The molecule has 6 nitrogen and oxygen atoms in total. The van der Waals surface area contributed by atoms with Crippen LogP contribution in [-0.4, -0.2) is 57.8 Å². The molecule has 0 bridgehead atoms. The second-order valence-electron chi connectivity index (χ2n) is 6.32. The molecule has 0 radical (unpaired) electrons. The van der Waals surface area contributed by atoms with Gasteiger partial charge in [-0.05, 0) is 49.9 Å². The number of benzene rings is 1. The highest BCUT2D eigenvalue weighted by Crippen LogP contribution is 2.21. The fourth-order valence-corrected chi connectivity index (χ4v) is 4.10. The van der Waals surface area contributed by atoms with Crippen LogP contribution in [0.15, 0.2) is 29.2 Å². The number of ether oxygens (including phenoxy) is 1. The van der Waals surface area contributed by atoms with Gasteiger partial charge in [0.1, 0.15) is 0 Å². The van der Waals surface area contributed by atoms with Crippen molar-refractivity contribution >= 4 is 15.7 Å². The zero-order valence-electron chi connectivity index (χ0n) is 14.3. The van der Waals surface area contributed by atoms with Crippen molar-refractivity contribution in [2.24, 2.45) is 11.7 Å². The molecular formula is C17H26N2O4S. The van der Waals surface area contributed by atoms with Gasteiger partial charge in [-0.25, -0.2) is 8.42 Å². The molecule has 1 amide bonds. The van der Waals surface area contributed by atoms with Gasteiger partial charge in [0.05, 0.1) is 17.3 Å². The van der Waals surface area contributed by atoms with E-state index in [1.54, 1.807) is 12.1 Å². The SMILES string of the molecule is COCCS(=O)(=O)c1ccc(C(=O)N2CCC(C(C)N)CC2)cc1. The number of carbonyl (C=O) groups is 1. The van der Waals surface area contributed by atoms with Crippen LogP contribution in [0.4, 0.5) is 0 Å². The molecule has 1 aliphatic heterocycles. The lowest BCUT2D eigenvalue weighted by Crippen LogP contribution is -2.42. The van der Waals surface area contributed by atoms with Gasteiger partial charge in [-0.15, -0.1) is 0 Å². The van der Waals surface area contributed by atoms with Crippen molar-refractivity contribution in [3.8, 4) is 0 Å². The Labute approximate surface area is 143 Å². The summed E-state index contributed by atoms with van der Waals surface area (Å²) in [6, 6.07) is 6.30. The van der Waals surface area contributed by atoms with Gasteiger partial charge in [0.2, 0.25) is 0 Å². The summed E-state index contributed by atoms with van der Waals surface area (Å²) in [6.45, 7) is 3.54. The van der Waals surface area contributed by atoms with E-state index in [1.165, 1.54) is 19.2 Å². The highest BCUT2D eigenvalue weighted by atomic mass is 32.2. The highest BCUT2D eigenvalue weighted by molar-refractivity contribution is 7.91. The monoisotopic (exact) mass is 354 g/mol. The number of rotatable bonds is 6. The molecule has 7 heteroatoms. The van der Waals surface area contributed by atoms with E-state index >= 15 is 0 Å². The molecule has 0 aromatic heterocycles. The van der Waals surface area contributed by atoms with Crippen LogP contribution in [0.3, 0.4) is 0 Å². The van der Waals surface area contributed by atoms with Crippen LogP contribution in [-0.2, 0) is 14.6 Å². The summed E-state index contributed by atoms with van der Waals surface area (Å²) in [5, 5.41) is 0. The molecule has 1 heterocycles. The van der Waals surface area contributed by atoms with Gasteiger partial charge in [0.15, 0.2) is 9.84 Å². The molecule has 134 valence electrons. The van der Waals surface area contributed by atoms with Crippen molar-refractivity contribution < 1.29 is 17.9 Å². The molecule has 24 heavy (non-hydrogen) atoms. The fraction of sp³-hybridized carbons (Fsp3) is 0.588. The van der Waals surface area contributed by atoms with Crippen LogP contribution in [0, 0.1) is 5.92 Å². The first-order valence-electron chi connectivity index (χ1n) is 8.22. The van der Waals surface area contributed by atoms with Gasteiger partial charge in [-0.3, -0.25) is 4.79 Å². The number of sulfone groups is 1. The van der Waals surface area contributed by atoms with Crippen LogP contribution >= 0.6 is 0 Å². The number of likely N-dealkylation sites (tertiary alicyclic amines) is 1. The summed E-state index contributed by atoms with van der Waals surface area (Å²) < 4.78 is 29.0. The molecule has 0 aliphatic carbocycles. The Morgan fingerprint density at radius 3 is 2.38 bits per heavy atom. The van der Waals surface area contributed by atoms with Gasteiger partial charge in [-0.1, -0.05) is 0 Å². The molecule has 1 aromatic carbocycles. The Bertz CT molecular complexity index is 648. The minimum atomic E-state index is -3.37. The molecule has 2 rings (SSSR count). The van der Waals surface area contributed by atoms with Gasteiger partial charge in [0.25, 0.3) is 5.91 Å². The number of hydrogen-bond acceptors (Lipinski definition) is 5. The number of hydrogen-bond donors (Lipinski definition) is 1. The van der Waals surface area contributed by atoms with Crippen molar-refractivity contribution in [1.82, 2.24) is 4.90 Å². The number of nitrogens with two attached hydrogens (primary N) is 1. The molecule has 1 unspecified atom stereocenters. The van der Waals surface area contributed by atoms with Crippen LogP contribution in [0.2, 0.25) is 0 Å². The quantitative estimate of drug-likeness (QED) is 0.832. The van der Waals surface area contributed by atoms with Crippen LogP contribution in [0.1, 0.15) is 30.1 Å². The van der Waals surface area contributed by atoms with Crippen molar-refractivity contribution in [3.05, 3.63) is 29.8 Å². The third-order valence-corrected chi connectivity index (χ3v) is 6.28. The maximum atomic E-state index is 12.5. The summed E-state index contributed by atoms with van der Waals surface area (Å²) >= 11 is 0. The van der Waals surface area contributed by atoms with Gasteiger partial charge >= 0.3 is 0 Å². The van der Waals surface area contributed by atoms with Gasteiger partial charge in [0, 0.05) is 31.8 Å². The van der Waals surface area contributed by atoms with Crippen LogP contribution in [0.5, 0.6) is 0 Å². The molecule has 1 aromatic rings. The van der Waals surface area contributed by atoms with Crippen molar-refractivity contribution in [2.45, 2.75) is 30.7 Å². The summed E-state index contributed by atoms with van der Waals surface area (Å²) in [5.74, 6) is 0.336. The van der Waals surface area contributed by atoms with Crippen molar-refractivity contribution in [2.75, 3.05) is 32.6 Å². The summed E-state index contributed by atoms with van der Waals surface area (Å²) in [6.07, 6.45) is 1.82. The van der Waals surface area contributed by atoms with E-state index in [0.29, 0.717) is 24.6 Å². The molecule has 1 atom stereocenters. The van der Waals surface area contributed by atoms with Crippen molar-refractivity contribution in [1.29, 1.82) is 0 Å². The Balaban J connectivity index is 2.02. The second kappa shape index (κ2) is 8.09. The topological polar surface area (TPSA) is 89.7 Å². The minimum Gasteiger partial charge on any atom is -0.384 e. The number of amides is 1. The zero-order valence-corrected chi connectivity index (χ0v) is 15.1. The Morgan fingerprint density at radius 2 is 1.88 bits per heavy atom. The Kier molecular flexibility index (Phi) is 6.37. The first-order chi connectivity index (χ1) is 11.3. The van der Waals surface area contributed by atoms with E-state index in [-0.39, 0.29) is 29.2 Å². The summed E-state index contributed by atoms with van der Waals surface area (Å²) in [4.78, 5) is 14.6. The second-order valence-corrected chi connectivity index (χ2v) is 8.43. The first-order valence-corrected chi connectivity index (χ1v) is 9.87. The third-order valence-electron chi connectivity index (χ3n) is 4.59. The van der Waals surface area contributed by atoms with Crippen LogP contribution < -0.4 is 5.73 Å².